The molecule has 94 valence electrons. The summed E-state index contributed by atoms with van der Waals surface area (Å²) in [5, 5.41) is 8.97. The summed E-state index contributed by atoms with van der Waals surface area (Å²) in [4.78, 5) is 4.56. The molecule has 3 nitrogen and oxygen atoms in total. The lowest BCUT2D eigenvalue weighted by Crippen LogP contribution is -2.08. The average molecular weight is 262 g/mol. The Bertz CT molecular complexity index is 607. The molecule has 1 aromatic carbocycles. The Hall–Kier alpha value is -1.53. The molecular formula is C14H16ClN3. The molecule has 1 heterocycles. The molecule has 0 radical (unpaired) electrons. The molecule has 0 N–H and O–H groups in total. The zero-order valence-corrected chi connectivity index (χ0v) is 11.6. The van der Waals surface area contributed by atoms with Crippen LogP contribution >= 0.6 is 11.6 Å². The van der Waals surface area contributed by atoms with Gasteiger partial charge in [-0.15, -0.1) is 11.6 Å². The van der Waals surface area contributed by atoms with E-state index in [1.54, 1.807) is 6.07 Å². The molecule has 0 saturated carbocycles. The molecular weight excluding hydrogens is 246 g/mol. The molecule has 2 atom stereocenters. The van der Waals surface area contributed by atoms with Crippen LogP contribution in [-0.4, -0.2) is 9.55 Å². The van der Waals surface area contributed by atoms with Crippen LogP contribution in [0.2, 0.25) is 0 Å². The van der Waals surface area contributed by atoms with Crippen LogP contribution in [-0.2, 0) is 0 Å². The van der Waals surface area contributed by atoms with Crippen molar-refractivity contribution in [3.05, 3.63) is 29.6 Å². The third-order valence-corrected chi connectivity index (χ3v) is 3.45. The molecule has 2 unspecified atom stereocenters. The van der Waals surface area contributed by atoms with Crippen LogP contribution in [0.25, 0.3) is 11.0 Å². The molecule has 2 rings (SSSR count). The fourth-order valence-corrected chi connectivity index (χ4v) is 2.31. The number of alkyl halides is 1. The number of nitrogens with zero attached hydrogens (tertiary/aromatic N) is 3. The summed E-state index contributed by atoms with van der Waals surface area (Å²) in [6.07, 6.45) is 0.999. The lowest BCUT2D eigenvalue weighted by atomic mass is 10.2. The van der Waals surface area contributed by atoms with E-state index in [-0.39, 0.29) is 5.38 Å². The first-order valence-electron chi connectivity index (χ1n) is 6.15. The quantitative estimate of drug-likeness (QED) is 0.778. The molecule has 0 amide bonds. The summed E-state index contributed by atoms with van der Waals surface area (Å²) in [6, 6.07) is 8.19. The number of nitriles is 1. The van der Waals surface area contributed by atoms with Crippen molar-refractivity contribution in [3.63, 3.8) is 0 Å². The summed E-state index contributed by atoms with van der Waals surface area (Å²) in [6.45, 7) is 6.18. The Balaban J connectivity index is 2.80. The van der Waals surface area contributed by atoms with Crippen molar-refractivity contribution in [2.24, 2.45) is 0 Å². The fraction of sp³-hybridized carbons (Fsp3) is 0.429. The summed E-state index contributed by atoms with van der Waals surface area (Å²) in [5.41, 5.74) is 2.35. The first-order chi connectivity index (χ1) is 8.60. The number of benzene rings is 1. The van der Waals surface area contributed by atoms with Gasteiger partial charge in [-0.25, -0.2) is 4.98 Å². The van der Waals surface area contributed by atoms with Gasteiger partial charge in [0.25, 0.3) is 0 Å². The lowest BCUT2D eigenvalue weighted by Gasteiger charge is -2.16. The first kappa shape index (κ1) is 12.9. The van der Waals surface area contributed by atoms with Gasteiger partial charge in [0.2, 0.25) is 0 Å². The van der Waals surface area contributed by atoms with Crippen molar-refractivity contribution in [1.82, 2.24) is 9.55 Å². The zero-order valence-electron chi connectivity index (χ0n) is 10.8. The number of fused-ring (bicyclic) bond motifs is 1. The van der Waals surface area contributed by atoms with Crippen LogP contribution in [0, 0.1) is 11.3 Å². The van der Waals surface area contributed by atoms with E-state index in [0.717, 1.165) is 23.3 Å². The summed E-state index contributed by atoms with van der Waals surface area (Å²) in [7, 11) is 0. The van der Waals surface area contributed by atoms with Crippen molar-refractivity contribution in [2.75, 3.05) is 0 Å². The predicted molar refractivity (Wildman–Crippen MR) is 73.7 cm³/mol. The van der Waals surface area contributed by atoms with Gasteiger partial charge >= 0.3 is 0 Å². The van der Waals surface area contributed by atoms with Gasteiger partial charge in [-0.2, -0.15) is 5.26 Å². The van der Waals surface area contributed by atoms with Crippen molar-refractivity contribution in [2.45, 2.75) is 38.6 Å². The van der Waals surface area contributed by atoms with Crippen LogP contribution in [0.15, 0.2) is 18.2 Å². The standard InChI is InChI=1S/C14H16ClN3/c1-4-9(2)18-12-7-5-6-11(8-16)13(12)17-14(18)10(3)15/h5-7,9-10H,4H2,1-3H3. The molecule has 0 spiro atoms. The van der Waals surface area contributed by atoms with Crippen LogP contribution in [0.5, 0.6) is 0 Å². The van der Waals surface area contributed by atoms with Crippen LogP contribution in [0.3, 0.4) is 0 Å². The second kappa shape index (κ2) is 4.99. The lowest BCUT2D eigenvalue weighted by molar-refractivity contribution is 0.522. The normalized spacial score (nSPS) is 14.4. The molecule has 4 heteroatoms. The minimum absolute atomic E-state index is 0.169. The molecule has 0 fully saturated rings. The second-order valence-corrected chi connectivity index (χ2v) is 5.15. The Labute approximate surface area is 112 Å². The SMILES string of the molecule is CCC(C)n1c(C(C)Cl)nc2c(C#N)cccc21. The molecule has 18 heavy (non-hydrogen) atoms. The molecule has 0 aliphatic carbocycles. The van der Waals surface area contributed by atoms with Gasteiger partial charge in [-0.1, -0.05) is 13.0 Å². The highest BCUT2D eigenvalue weighted by molar-refractivity contribution is 6.20. The number of para-hydroxylation sites is 1. The van der Waals surface area contributed by atoms with E-state index in [0.29, 0.717) is 11.6 Å². The average Bonchev–Trinajstić information content (AvgIpc) is 2.77. The maximum Gasteiger partial charge on any atom is 0.128 e. The third kappa shape index (κ3) is 1.97. The van der Waals surface area contributed by atoms with E-state index in [1.807, 2.05) is 19.1 Å². The number of hydrogen-bond acceptors (Lipinski definition) is 2. The number of hydrogen-bond donors (Lipinski definition) is 0. The van der Waals surface area contributed by atoms with E-state index in [1.165, 1.54) is 0 Å². The second-order valence-electron chi connectivity index (χ2n) is 4.50. The fourth-order valence-electron chi connectivity index (χ4n) is 2.15. The Morgan fingerprint density at radius 1 is 1.44 bits per heavy atom. The highest BCUT2D eigenvalue weighted by Gasteiger charge is 2.19. The van der Waals surface area contributed by atoms with Crippen molar-refractivity contribution < 1.29 is 0 Å². The summed E-state index contributed by atoms with van der Waals surface area (Å²) >= 11 is 6.21. The van der Waals surface area contributed by atoms with Gasteiger partial charge in [0, 0.05) is 6.04 Å². The molecule has 0 saturated heterocycles. The van der Waals surface area contributed by atoms with E-state index in [4.69, 9.17) is 16.9 Å². The number of rotatable bonds is 3. The topological polar surface area (TPSA) is 41.6 Å². The molecule has 0 aliphatic heterocycles. The van der Waals surface area contributed by atoms with Gasteiger partial charge < -0.3 is 4.57 Å². The van der Waals surface area contributed by atoms with Gasteiger partial charge in [0.05, 0.1) is 16.5 Å². The molecule has 1 aromatic heterocycles. The van der Waals surface area contributed by atoms with E-state index < -0.39 is 0 Å². The van der Waals surface area contributed by atoms with Gasteiger partial charge in [0.1, 0.15) is 17.4 Å². The maximum atomic E-state index is 9.14. The number of imidazole rings is 1. The van der Waals surface area contributed by atoms with Crippen LogP contribution in [0.1, 0.15) is 50.0 Å². The van der Waals surface area contributed by atoms with Gasteiger partial charge in [-0.05, 0) is 32.4 Å². The highest BCUT2D eigenvalue weighted by atomic mass is 35.5. The van der Waals surface area contributed by atoms with Crippen LogP contribution < -0.4 is 0 Å². The zero-order chi connectivity index (χ0) is 13.3. The van der Waals surface area contributed by atoms with E-state index >= 15 is 0 Å². The monoisotopic (exact) mass is 261 g/mol. The largest absolute Gasteiger partial charge is 0.324 e. The first-order valence-corrected chi connectivity index (χ1v) is 6.58. The number of aromatic nitrogens is 2. The highest BCUT2D eigenvalue weighted by Crippen LogP contribution is 2.30. The number of halogens is 1. The minimum atomic E-state index is -0.169. The minimum Gasteiger partial charge on any atom is -0.324 e. The van der Waals surface area contributed by atoms with Crippen molar-refractivity contribution >= 4 is 22.6 Å². The predicted octanol–water partition coefficient (Wildman–Crippen LogP) is 4.18. The summed E-state index contributed by atoms with van der Waals surface area (Å²) in [5.74, 6) is 0.837. The Morgan fingerprint density at radius 3 is 2.72 bits per heavy atom. The Kier molecular flexibility index (Phi) is 3.58. The molecule has 0 aliphatic rings. The molecule has 2 aromatic rings. The summed E-state index contributed by atoms with van der Waals surface area (Å²) < 4.78 is 2.15. The maximum absolute atomic E-state index is 9.14. The third-order valence-electron chi connectivity index (χ3n) is 3.26. The Morgan fingerprint density at radius 2 is 2.17 bits per heavy atom. The van der Waals surface area contributed by atoms with E-state index in [2.05, 4.69) is 29.5 Å². The van der Waals surface area contributed by atoms with E-state index in [9.17, 15) is 0 Å². The smallest absolute Gasteiger partial charge is 0.128 e. The van der Waals surface area contributed by atoms with Crippen molar-refractivity contribution in [3.8, 4) is 6.07 Å². The van der Waals surface area contributed by atoms with Crippen LogP contribution in [0.4, 0.5) is 0 Å². The van der Waals surface area contributed by atoms with Crippen molar-refractivity contribution in [1.29, 1.82) is 5.26 Å². The van der Waals surface area contributed by atoms with Gasteiger partial charge in [-0.3, -0.25) is 0 Å². The van der Waals surface area contributed by atoms with Gasteiger partial charge in [0.15, 0.2) is 0 Å². The molecule has 0 bridgehead atoms.